The molecule has 1 aromatic carbocycles. The second-order valence-electron chi connectivity index (χ2n) is 4.32. The van der Waals surface area contributed by atoms with Gasteiger partial charge in [-0.05, 0) is 5.56 Å². The zero-order chi connectivity index (χ0) is 13.8. The number of aliphatic carboxylic acids is 1. The van der Waals surface area contributed by atoms with Crippen LogP contribution >= 0.6 is 0 Å². The zero-order valence-corrected chi connectivity index (χ0v) is 10.4. The van der Waals surface area contributed by atoms with Gasteiger partial charge in [-0.2, -0.15) is 0 Å². The van der Waals surface area contributed by atoms with E-state index in [2.05, 4.69) is 6.58 Å². The Bertz CT molecular complexity index is 485. The fourth-order valence-corrected chi connectivity index (χ4v) is 2.20. The molecule has 1 aliphatic heterocycles. The van der Waals surface area contributed by atoms with Crippen molar-refractivity contribution in [2.24, 2.45) is 0 Å². The van der Waals surface area contributed by atoms with Gasteiger partial charge in [0.25, 0.3) is 0 Å². The zero-order valence-electron chi connectivity index (χ0n) is 10.4. The van der Waals surface area contributed by atoms with Crippen LogP contribution in [0, 0.1) is 0 Å². The predicted octanol–water partition coefficient (Wildman–Crippen LogP) is 1.86. The van der Waals surface area contributed by atoms with E-state index in [4.69, 9.17) is 4.74 Å². The molecule has 1 heterocycles. The summed E-state index contributed by atoms with van der Waals surface area (Å²) in [7, 11) is 0. The number of nitrogens with zero attached hydrogens (tertiary/aromatic N) is 1. The summed E-state index contributed by atoms with van der Waals surface area (Å²) in [6, 6.07) is 8.45. The number of benzene rings is 1. The van der Waals surface area contributed by atoms with Crippen LogP contribution in [0.25, 0.3) is 0 Å². The Morgan fingerprint density at radius 1 is 1.42 bits per heavy atom. The highest BCUT2D eigenvalue weighted by Crippen LogP contribution is 2.34. The van der Waals surface area contributed by atoms with Crippen LogP contribution in [0.1, 0.15) is 11.5 Å². The van der Waals surface area contributed by atoms with E-state index >= 15 is 0 Å². The topological polar surface area (TPSA) is 66.8 Å². The summed E-state index contributed by atoms with van der Waals surface area (Å²) in [5, 5.41) is 9.24. The average Bonchev–Trinajstić information content (AvgIpc) is 2.35. The third kappa shape index (κ3) is 2.59. The van der Waals surface area contributed by atoms with E-state index in [0.29, 0.717) is 6.54 Å². The third-order valence-corrected chi connectivity index (χ3v) is 3.15. The Morgan fingerprint density at radius 2 is 2.11 bits per heavy atom. The number of ether oxygens (including phenoxy) is 1. The fourth-order valence-electron chi connectivity index (χ4n) is 2.20. The largest absolute Gasteiger partial charge is 0.480 e. The highest BCUT2D eigenvalue weighted by molar-refractivity contribution is 5.83. The van der Waals surface area contributed by atoms with Gasteiger partial charge >= 0.3 is 12.1 Å². The van der Waals surface area contributed by atoms with Crippen molar-refractivity contribution in [1.82, 2.24) is 4.90 Å². The van der Waals surface area contributed by atoms with Gasteiger partial charge in [0, 0.05) is 12.5 Å². The molecular formula is C14H15NO4. The van der Waals surface area contributed by atoms with Gasteiger partial charge < -0.3 is 9.84 Å². The number of carboxylic acid groups (broad SMARTS) is 1. The van der Waals surface area contributed by atoms with E-state index in [1.807, 2.05) is 30.3 Å². The van der Waals surface area contributed by atoms with Gasteiger partial charge in [-0.1, -0.05) is 43.0 Å². The van der Waals surface area contributed by atoms with Crippen molar-refractivity contribution in [3.05, 3.63) is 48.6 Å². The Labute approximate surface area is 111 Å². The van der Waals surface area contributed by atoms with Crippen LogP contribution < -0.4 is 0 Å². The second-order valence-corrected chi connectivity index (χ2v) is 4.32. The number of rotatable bonds is 4. The molecule has 0 saturated carbocycles. The molecule has 2 atom stereocenters. The van der Waals surface area contributed by atoms with Crippen LogP contribution in [-0.4, -0.2) is 41.3 Å². The molecule has 1 aliphatic rings. The van der Waals surface area contributed by atoms with Gasteiger partial charge in [0.15, 0.2) is 0 Å². The minimum atomic E-state index is -1.02. The van der Waals surface area contributed by atoms with Crippen molar-refractivity contribution in [2.75, 3.05) is 13.2 Å². The number of amides is 1. The molecule has 0 unspecified atom stereocenters. The molecule has 19 heavy (non-hydrogen) atoms. The van der Waals surface area contributed by atoms with Crippen molar-refractivity contribution in [2.45, 2.75) is 12.0 Å². The smallest absolute Gasteiger partial charge is 0.410 e. The van der Waals surface area contributed by atoms with E-state index in [0.717, 1.165) is 5.56 Å². The Kier molecular flexibility index (Phi) is 3.85. The number of hydrogen-bond acceptors (Lipinski definition) is 3. The maximum absolute atomic E-state index is 11.7. The quantitative estimate of drug-likeness (QED) is 0.840. The van der Waals surface area contributed by atoms with Crippen LogP contribution in [0.5, 0.6) is 0 Å². The molecule has 0 radical (unpaired) electrons. The van der Waals surface area contributed by atoms with E-state index in [1.165, 1.54) is 11.0 Å². The standard InChI is InChI=1S/C14H15NO4/c1-2-8-19-14(18)15-9-11(12(15)13(16)17)10-6-4-3-5-7-10/h2-7,11-12H,1,8-9H2,(H,16,17)/t11-,12+/m1/s1. The third-order valence-electron chi connectivity index (χ3n) is 3.15. The van der Waals surface area contributed by atoms with Gasteiger partial charge in [-0.25, -0.2) is 9.59 Å². The molecule has 0 aliphatic carbocycles. The molecule has 0 aromatic heterocycles. The highest BCUT2D eigenvalue weighted by Gasteiger charge is 2.48. The Morgan fingerprint density at radius 3 is 2.68 bits per heavy atom. The lowest BCUT2D eigenvalue weighted by Gasteiger charge is -2.44. The van der Waals surface area contributed by atoms with Gasteiger partial charge in [0.05, 0.1) is 0 Å². The lowest BCUT2D eigenvalue weighted by Crippen LogP contribution is -2.60. The first-order valence-corrected chi connectivity index (χ1v) is 5.97. The first-order chi connectivity index (χ1) is 9.15. The molecule has 5 nitrogen and oxygen atoms in total. The minimum Gasteiger partial charge on any atom is -0.480 e. The number of carbonyl (C=O) groups is 2. The normalized spacial score (nSPS) is 21.4. The van der Waals surface area contributed by atoms with Crippen molar-refractivity contribution in [3.8, 4) is 0 Å². The van der Waals surface area contributed by atoms with Gasteiger partial charge in [-0.15, -0.1) is 0 Å². The first kappa shape index (κ1) is 13.1. The number of carboxylic acids is 1. The summed E-state index contributed by atoms with van der Waals surface area (Å²) in [4.78, 5) is 24.2. The van der Waals surface area contributed by atoms with E-state index < -0.39 is 18.1 Å². The van der Waals surface area contributed by atoms with Gasteiger partial charge in [-0.3, -0.25) is 4.90 Å². The molecule has 0 bridgehead atoms. The molecule has 1 amide bonds. The van der Waals surface area contributed by atoms with E-state index in [1.54, 1.807) is 0 Å². The van der Waals surface area contributed by atoms with Crippen molar-refractivity contribution in [1.29, 1.82) is 0 Å². The Balaban J connectivity index is 2.09. The summed E-state index contributed by atoms with van der Waals surface area (Å²) in [6.07, 6.45) is 0.835. The van der Waals surface area contributed by atoms with Gasteiger partial charge in [0.2, 0.25) is 0 Å². The lowest BCUT2D eigenvalue weighted by molar-refractivity contribution is -0.148. The summed E-state index contributed by atoms with van der Waals surface area (Å²) >= 11 is 0. The minimum absolute atomic E-state index is 0.0810. The summed E-state index contributed by atoms with van der Waals surface area (Å²) in [5.41, 5.74) is 0.919. The molecule has 1 saturated heterocycles. The summed E-state index contributed by atoms with van der Waals surface area (Å²) in [6.45, 7) is 3.88. The molecule has 1 fully saturated rings. The molecule has 2 rings (SSSR count). The van der Waals surface area contributed by atoms with Crippen molar-refractivity contribution in [3.63, 3.8) is 0 Å². The maximum atomic E-state index is 11.7. The molecule has 0 spiro atoms. The first-order valence-electron chi connectivity index (χ1n) is 5.97. The SMILES string of the molecule is C=CCOC(=O)N1C[C@H](c2ccccc2)[C@H]1C(=O)O. The fraction of sp³-hybridized carbons (Fsp3) is 0.286. The average molecular weight is 261 g/mol. The van der Waals surface area contributed by atoms with Crippen LogP contribution in [0.15, 0.2) is 43.0 Å². The van der Waals surface area contributed by atoms with Crippen LogP contribution in [-0.2, 0) is 9.53 Å². The monoisotopic (exact) mass is 261 g/mol. The van der Waals surface area contributed by atoms with Crippen LogP contribution in [0.4, 0.5) is 4.79 Å². The Hall–Kier alpha value is -2.30. The number of likely N-dealkylation sites (tertiary alicyclic amines) is 1. The van der Waals surface area contributed by atoms with Crippen LogP contribution in [0.2, 0.25) is 0 Å². The van der Waals surface area contributed by atoms with Crippen molar-refractivity contribution >= 4 is 12.1 Å². The molecule has 1 N–H and O–H groups in total. The predicted molar refractivity (Wildman–Crippen MR) is 68.9 cm³/mol. The molecule has 100 valence electrons. The van der Waals surface area contributed by atoms with Gasteiger partial charge in [0.1, 0.15) is 12.6 Å². The van der Waals surface area contributed by atoms with E-state index in [-0.39, 0.29) is 12.5 Å². The summed E-state index contributed by atoms with van der Waals surface area (Å²) < 4.78 is 4.87. The second kappa shape index (κ2) is 5.56. The highest BCUT2D eigenvalue weighted by atomic mass is 16.6. The number of carbonyl (C=O) groups excluding carboxylic acids is 1. The van der Waals surface area contributed by atoms with Crippen molar-refractivity contribution < 1.29 is 19.4 Å². The molecule has 1 aromatic rings. The van der Waals surface area contributed by atoms with E-state index in [9.17, 15) is 14.7 Å². The molecular weight excluding hydrogens is 246 g/mol. The maximum Gasteiger partial charge on any atom is 0.410 e. The lowest BCUT2D eigenvalue weighted by atomic mass is 9.83. The van der Waals surface area contributed by atoms with Crippen LogP contribution in [0.3, 0.4) is 0 Å². The number of hydrogen-bond donors (Lipinski definition) is 1. The molecule has 5 heteroatoms. The summed E-state index contributed by atoms with van der Waals surface area (Å²) in [5.74, 6) is -1.20.